The summed E-state index contributed by atoms with van der Waals surface area (Å²) in [4.78, 5) is 25.2. The summed E-state index contributed by atoms with van der Waals surface area (Å²) in [6, 6.07) is -0.808. The van der Waals surface area contributed by atoms with Gasteiger partial charge in [0, 0.05) is 12.8 Å². The maximum absolute atomic E-state index is 13.0. The molecular weight excluding hydrogens is 1110 g/mol. The lowest BCUT2D eigenvalue weighted by atomic mass is 9.99. The summed E-state index contributed by atoms with van der Waals surface area (Å²) in [5.41, 5.74) is 0. The van der Waals surface area contributed by atoms with Crippen LogP contribution in [0.3, 0.4) is 0 Å². The Morgan fingerprint density at radius 3 is 1.13 bits per heavy atom. The normalized spacial score (nSPS) is 17.9. The highest BCUT2D eigenvalue weighted by Crippen LogP contribution is 2.24. The molecule has 0 aliphatic carbocycles. The van der Waals surface area contributed by atoms with Gasteiger partial charge >= 0.3 is 5.97 Å². The van der Waals surface area contributed by atoms with Crippen molar-refractivity contribution in [2.24, 2.45) is 0 Å². The average molecular weight is 1260 g/mol. The first-order valence-corrected chi connectivity index (χ1v) is 38.8. The SMILES string of the molecule is CCCCCCCCCC/C=C/C(O)C(COC1OC(CO)C(O)C(O)C1O)NC(=O)CCCCCCCCCCCCCCCCCCC/C=C\C/C=C\CCCCCCCCCCCOC(=O)CCCCCCCCCCCCCCCCCCCC. The van der Waals surface area contributed by atoms with Crippen molar-refractivity contribution in [1.82, 2.24) is 5.32 Å². The molecule has 89 heavy (non-hydrogen) atoms. The number of aliphatic hydroxyl groups is 5. The summed E-state index contributed by atoms with van der Waals surface area (Å²) in [5, 5.41) is 54.4. The number of carbonyl (C=O) groups excluding carboxylic acids is 2. The number of amides is 1. The van der Waals surface area contributed by atoms with Crippen LogP contribution in [-0.4, -0.2) is 100 Å². The third-order valence-corrected chi connectivity index (χ3v) is 18.5. The highest BCUT2D eigenvalue weighted by molar-refractivity contribution is 5.76. The fraction of sp³-hybridized carbons (Fsp3) is 0.897. The van der Waals surface area contributed by atoms with Crippen molar-refractivity contribution in [3.63, 3.8) is 0 Å². The zero-order valence-corrected chi connectivity index (χ0v) is 58.4. The lowest BCUT2D eigenvalue weighted by Crippen LogP contribution is -2.60. The van der Waals surface area contributed by atoms with E-state index in [1.54, 1.807) is 6.08 Å². The number of aliphatic hydroxyl groups excluding tert-OH is 5. The van der Waals surface area contributed by atoms with Gasteiger partial charge in [-0.3, -0.25) is 9.59 Å². The number of carbonyl (C=O) groups is 2. The molecule has 0 saturated carbocycles. The quantitative estimate of drug-likeness (QED) is 0.0195. The van der Waals surface area contributed by atoms with E-state index in [1.165, 1.54) is 302 Å². The van der Waals surface area contributed by atoms with Crippen LogP contribution in [0.25, 0.3) is 0 Å². The predicted molar refractivity (Wildman–Crippen MR) is 375 cm³/mol. The fourth-order valence-electron chi connectivity index (χ4n) is 12.4. The number of esters is 1. The number of nitrogens with one attached hydrogen (secondary N) is 1. The van der Waals surface area contributed by atoms with E-state index in [-0.39, 0.29) is 18.5 Å². The van der Waals surface area contributed by atoms with Gasteiger partial charge in [0.15, 0.2) is 6.29 Å². The molecule has 1 rings (SSSR count). The van der Waals surface area contributed by atoms with Crippen LogP contribution in [0, 0.1) is 0 Å². The maximum Gasteiger partial charge on any atom is 0.305 e. The minimum absolute atomic E-state index is 0.0119. The van der Waals surface area contributed by atoms with E-state index in [1.807, 2.05) is 6.08 Å². The van der Waals surface area contributed by atoms with Crippen LogP contribution < -0.4 is 5.32 Å². The molecule has 6 N–H and O–H groups in total. The Morgan fingerprint density at radius 2 is 0.753 bits per heavy atom. The summed E-state index contributed by atoms with van der Waals surface area (Å²) in [6.07, 6.45) is 77.5. The van der Waals surface area contributed by atoms with E-state index >= 15 is 0 Å². The highest BCUT2D eigenvalue weighted by atomic mass is 16.7. The lowest BCUT2D eigenvalue weighted by Gasteiger charge is -2.40. The second-order valence-electron chi connectivity index (χ2n) is 27.1. The first kappa shape index (κ1) is 84.9. The van der Waals surface area contributed by atoms with E-state index in [9.17, 15) is 35.1 Å². The largest absolute Gasteiger partial charge is 0.466 e. The zero-order chi connectivity index (χ0) is 64.4. The molecule has 1 aliphatic heterocycles. The Balaban J connectivity index is 1.89. The summed E-state index contributed by atoms with van der Waals surface area (Å²) in [7, 11) is 0. The van der Waals surface area contributed by atoms with Crippen LogP contribution in [0.5, 0.6) is 0 Å². The minimum atomic E-state index is -1.57. The van der Waals surface area contributed by atoms with Crippen molar-refractivity contribution in [1.29, 1.82) is 0 Å². The van der Waals surface area contributed by atoms with E-state index in [4.69, 9.17) is 14.2 Å². The third kappa shape index (κ3) is 56.0. The van der Waals surface area contributed by atoms with Gasteiger partial charge in [0.05, 0.1) is 32.0 Å². The summed E-state index contributed by atoms with van der Waals surface area (Å²) in [6.45, 7) is 4.37. The van der Waals surface area contributed by atoms with E-state index in [2.05, 4.69) is 43.5 Å². The molecule has 11 nitrogen and oxygen atoms in total. The number of rotatable bonds is 69. The van der Waals surface area contributed by atoms with Crippen LogP contribution in [-0.2, 0) is 23.8 Å². The average Bonchev–Trinajstić information content (AvgIpc) is 1.76. The molecule has 524 valence electrons. The van der Waals surface area contributed by atoms with Crippen LogP contribution in [0.4, 0.5) is 0 Å². The van der Waals surface area contributed by atoms with Gasteiger partial charge in [0.1, 0.15) is 24.4 Å². The van der Waals surface area contributed by atoms with Crippen molar-refractivity contribution in [2.45, 2.75) is 429 Å². The Kier molecular flexibility index (Phi) is 64.2. The molecule has 11 heteroatoms. The first-order valence-electron chi connectivity index (χ1n) is 38.8. The van der Waals surface area contributed by atoms with Gasteiger partial charge in [-0.05, 0) is 64.2 Å². The van der Waals surface area contributed by atoms with Crippen LogP contribution in [0.15, 0.2) is 36.5 Å². The Hall–Kier alpha value is -2.12. The summed E-state index contributed by atoms with van der Waals surface area (Å²) >= 11 is 0. The molecule has 0 aromatic carbocycles. The molecule has 0 radical (unpaired) electrons. The van der Waals surface area contributed by atoms with E-state index in [0.29, 0.717) is 19.4 Å². The predicted octanol–water partition coefficient (Wildman–Crippen LogP) is 20.5. The topological polar surface area (TPSA) is 175 Å². The first-order chi connectivity index (χ1) is 43.7. The monoisotopic (exact) mass is 1260 g/mol. The van der Waals surface area contributed by atoms with E-state index < -0.39 is 49.5 Å². The van der Waals surface area contributed by atoms with Crippen molar-refractivity contribution in [3.05, 3.63) is 36.5 Å². The van der Waals surface area contributed by atoms with Gasteiger partial charge in [-0.1, -0.05) is 346 Å². The second-order valence-corrected chi connectivity index (χ2v) is 27.1. The Bertz CT molecular complexity index is 1570. The summed E-state index contributed by atoms with van der Waals surface area (Å²) in [5.74, 6) is -0.168. The molecule has 0 aromatic heterocycles. The Morgan fingerprint density at radius 1 is 0.416 bits per heavy atom. The second kappa shape index (κ2) is 67.3. The van der Waals surface area contributed by atoms with Crippen molar-refractivity contribution < 1.29 is 49.3 Å². The van der Waals surface area contributed by atoms with Gasteiger partial charge in [0.2, 0.25) is 5.91 Å². The summed E-state index contributed by atoms with van der Waals surface area (Å²) < 4.78 is 16.8. The van der Waals surface area contributed by atoms with Gasteiger partial charge in [-0.15, -0.1) is 0 Å². The van der Waals surface area contributed by atoms with Crippen molar-refractivity contribution in [2.75, 3.05) is 19.8 Å². The van der Waals surface area contributed by atoms with Gasteiger partial charge in [-0.2, -0.15) is 0 Å². The number of ether oxygens (including phenoxy) is 3. The molecule has 1 fully saturated rings. The maximum atomic E-state index is 13.0. The number of hydrogen-bond donors (Lipinski definition) is 6. The zero-order valence-electron chi connectivity index (χ0n) is 58.4. The number of unbranched alkanes of at least 4 members (excludes halogenated alkanes) is 51. The Labute approximate surface area is 549 Å². The lowest BCUT2D eigenvalue weighted by molar-refractivity contribution is -0.302. The molecule has 1 heterocycles. The molecule has 7 unspecified atom stereocenters. The van der Waals surface area contributed by atoms with Crippen molar-refractivity contribution >= 4 is 11.9 Å². The molecule has 1 saturated heterocycles. The van der Waals surface area contributed by atoms with Crippen LogP contribution in [0.1, 0.15) is 386 Å². The van der Waals surface area contributed by atoms with E-state index in [0.717, 1.165) is 57.8 Å². The highest BCUT2D eigenvalue weighted by Gasteiger charge is 2.44. The third-order valence-electron chi connectivity index (χ3n) is 18.5. The molecule has 0 aromatic rings. The smallest absolute Gasteiger partial charge is 0.305 e. The van der Waals surface area contributed by atoms with Gasteiger partial charge in [0.25, 0.3) is 0 Å². The van der Waals surface area contributed by atoms with Gasteiger partial charge < -0.3 is 45.1 Å². The minimum Gasteiger partial charge on any atom is -0.466 e. The molecule has 1 aliphatic rings. The molecule has 1 amide bonds. The number of allylic oxidation sites excluding steroid dienone is 5. The molecular formula is C78H147NO10. The molecule has 0 bridgehead atoms. The molecule has 0 spiro atoms. The van der Waals surface area contributed by atoms with Crippen LogP contribution >= 0.6 is 0 Å². The van der Waals surface area contributed by atoms with Crippen molar-refractivity contribution in [3.8, 4) is 0 Å². The number of hydrogen-bond acceptors (Lipinski definition) is 10. The fourth-order valence-corrected chi connectivity index (χ4v) is 12.4. The standard InChI is InChI=1S/C78H147NO10/c1-3-5-7-9-11-13-15-16-17-18-37-40-43-46-50-54-58-62-66-74(83)87-67-63-59-55-51-47-44-41-38-35-33-31-29-27-25-23-21-19-20-22-24-26-28-30-32-34-36-39-42-45-49-53-57-61-65-73(82)79-70(69-88-78-77(86)76(85)75(84)72(68-80)89-78)71(81)64-60-56-52-48-14-12-10-8-6-4-2/h23,25,29,31,60,64,70-72,75-78,80-81,84-86H,3-22,24,26-28,30,32-59,61-63,65-69H2,1-2H3,(H,79,82)/b25-23-,31-29-,64-60+. The molecule has 7 atom stereocenters. The van der Waals surface area contributed by atoms with Crippen LogP contribution in [0.2, 0.25) is 0 Å². The van der Waals surface area contributed by atoms with Gasteiger partial charge in [-0.25, -0.2) is 0 Å².